The number of nitrogens with one attached hydrogen (secondary N) is 1. The predicted molar refractivity (Wildman–Crippen MR) is 89.1 cm³/mol. The molecule has 4 nitrogen and oxygen atoms in total. The molecule has 2 heterocycles. The lowest BCUT2D eigenvalue weighted by molar-refractivity contribution is -0.117. The van der Waals surface area contributed by atoms with Crippen LogP contribution in [0, 0.1) is 17.2 Å². The fraction of sp³-hybridized carbons (Fsp3) is 0.647. The Morgan fingerprint density at radius 3 is 2.82 bits per heavy atom. The maximum absolute atomic E-state index is 12.3. The Bertz CT molecular complexity index is 594. The van der Waals surface area contributed by atoms with Crippen molar-refractivity contribution < 1.29 is 4.79 Å². The number of carbonyl (C=O) groups is 1. The molecular formula is C17H23N3OS. The minimum absolute atomic E-state index is 0.0182. The number of likely N-dealkylation sites (tertiary alicyclic amines) is 1. The van der Waals surface area contributed by atoms with Crippen molar-refractivity contribution in [2.24, 2.45) is 5.92 Å². The molecule has 1 aliphatic carbocycles. The molecule has 0 radical (unpaired) electrons. The monoisotopic (exact) mass is 317 g/mol. The Morgan fingerprint density at radius 1 is 1.36 bits per heavy atom. The van der Waals surface area contributed by atoms with Gasteiger partial charge in [-0.3, -0.25) is 9.69 Å². The summed E-state index contributed by atoms with van der Waals surface area (Å²) in [7, 11) is 0. The summed E-state index contributed by atoms with van der Waals surface area (Å²) in [5.74, 6) is 0.790. The number of thiophene rings is 1. The molecule has 1 amide bonds. The average molecular weight is 317 g/mol. The number of carbonyl (C=O) groups excluding carboxylic acids is 1. The number of fused-ring (bicyclic) bond motifs is 1. The Balaban J connectivity index is 1.64. The summed E-state index contributed by atoms with van der Waals surface area (Å²) in [6.45, 7) is 4.72. The predicted octanol–water partition coefficient (Wildman–Crippen LogP) is 3.17. The lowest BCUT2D eigenvalue weighted by Gasteiger charge is -2.29. The first kappa shape index (κ1) is 15.5. The van der Waals surface area contributed by atoms with Crippen molar-refractivity contribution in [1.82, 2.24) is 4.90 Å². The van der Waals surface area contributed by atoms with Crippen LogP contribution in [0.25, 0.3) is 0 Å². The summed E-state index contributed by atoms with van der Waals surface area (Å²) in [6, 6.07) is 2.30. The van der Waals surface area contributed by atoms with E-state index in [9.17, 15) is 10.1 Å². The van der Waals surface area contributed by atoms with Gasteiger partial charge in [-0.2, -0.15) is 5.26 Å². The van der Waals surface area contributed by atoms with E-state index < -0.39 is 0 Å². The van der Waals surface area contributed by atoms with Gasteiger partial charge in [-0.15, -0.1) is 11.3 Å². The van der Waals surface area contributed by atoms with Gasteiger partial charge in [0.25, 0.3) is 0 Å². The molecule has 0 unspecified atom stereocenters. The Morgan fingerprint density at radius 2 is 2.09 bits per heavy atom. The number of amides is 1. The maximum atomic E-state index is 12.3. The highest BCUT2D eigenvalue weighted by atomic mass is 32.1. The maximum Gasteiger partial charge on any atom is 0.239 e. The van der Waals surface area contributed by atoms with Crippen molar-refractivity contribution in [3.05, 3.63) is 16.0 Å². The molecule has 1 N–H and O–H groups in total. The van der Waals surface area contributed by atoms with Crippen molar-refractivity contribution in [2.45, 2.75) is 45.4 Å². The highest BCUT2D eigenvalue weighted by molar-refractivity contribution is 7.16. The molecule has 1 aliphatic heterocycles. The molecule has 0 aromatic carbocycles. The van der Waals surface area contributed by atoms with Gasteiger partial charge < -0.3 is 5.32 Å². The molecular weight excluding hydrogens is 294 g/mol. The first-order valence-electron chi connectivity index (χ1n) is 8.24. The highest BCUT2D eigenvalue weighted by Gasteiger charge is 2.23. The number of anilines is 1. The van der Waals surface area contributed by atoms with E-state index in [0.717, 1.165) is 43.3 Å². The summed E-state index contributed by atoms with van der Waals surface area (Å²) in [5, 5.41) is 13.2. The lowest BCUT2D eigenvalue weighted by atomic mass is 9.96. The molecule has 0 spiro atoms. The largest absolute Gasteiger partial charge is 0.315 e. The molecule has 1 aromatic heterocycles. The van der Waals surface area contributed by atoms with E-state index in [4.69, 9.17) is 0 Å². The van der Waals surface area contributed by atoms with E-state index in [1.54, 1.807) is 11.3 Å². The molecule has 1 aromatic rings. The van der Waals surface area contributed by atoms with E-state index >= 15 is 0 Å². The van der Waals surface area contributed by atoms with Crippen molar-refractivity contribution >= 4 is 22.2 Å². The second kappa shape index (κ2) is 6.80. The van der Waals surface area contributed by atoms with Gasteiger partial charge in [0.15, 0.2) is 0 Å². The van der Waals surface area contributed by atoms with Crippen molar-refractivity contribution in [3.8, 4) is 6.07 Å². The van der Waals surface area contributed by atoms with E-state index in [-0.39, 0.29) is 5.91 Å². The van der Waals surface area contributed by atoms with Crippen LogP contribution in [0.2, 0.25) is 0 Å². The van der Waals surface area contributed by atoms with Crippen LogP contribution in [0.3, 0.4) is 0 Å². The summed E-state index contributed by atoms with van der Waals surface area (Å²) in [4.78, 5) is 15.8. The zero-order valence-electron chi connectivity index (χ0n) is 13.2. The zero-order valence-corrected chi connectivity index (χ0v) is 14.0. The fourth-order valence-corrected chi connectivity index (χ4v) is 4.62. The molecule has 22 heavy (non-hydrogen) atoms. The SMILES string of the molecule is CC1CCN(CC(=O)Nc2sc3c(c2C#N)CCCC3)CC1. The zero-order chi connectivity index (χ0) is 15.5. The molecule has 3 rings (SSSR count). The molecule has 5 heteroatoms. The van der Waals surface area contributed by atoms with Gasteiger partial charge in [0.05, 0.1) is 12.1 Å². The van der Waals surface area contributed by atoms with Gasteiger partial charge in [0.1, 0.15) is 11.1 Å². The average Bonchev–Trinajstić information content (AvgIpc) is 2.86. The van der Waals surface area contributed by atoms with Crippen LogP contribution < -0.4 is 5.32 Å². The molecule has 0 atom stereocenters. The standard InChI is InChI=1S/C17H23N3OS/c1-12-6-8-20(9-7-12)11-16(21)19-17-14(10-18)13-4-2-3-5-15(13)22-17/h12H,2-9,11H2,1H3,(H,19,21). The summed E-state index contributed by atoms with van der Waals surface area (Å²) in [6.07, 6.45) is 6.71. The van der Waals surface area contributed by atoms with Crippen LogP contribution in [-0.4, -0.2) is 30.4 Å². The van der Waals surface area contributed by atoms with E-state index in [0.29, 0.717) is 12.1 Å². The van der Waals surface area contributed by atoms with Crippen molar-refractivity contribution in [1.29, 1.82) is 5.26 Å². The first-order valence-corrected chi connectivity index (χ1v) is 9.06. The normalized spacial score (nSPS) is 19.5. The molecule has 0 saturated carbocycles. The summed E-state index contributed by atoms with van der Waals surface area (Å²) < 4.78 is 0. The molecule has 1 saturated heterocycles. The molecule has 2 aliphatic rings. The van der Waals surface area contributed by atoms with E-state index in [1.165, 1.54) is 29.7 Å². The van der Waals surface area contributed by atoms with Crippen LogP contribution in [-0.2, 0) is 17.6 Å². The lowest BCUT2D eigenvalue weighted by Crippen LogP contribution is -2.38. The quantitative estimate of drug-likeness (QED) is 0.931. The highest BCUT2D eigenvalue weighted by Crippen LogP contribution is 2.37. The van der Waals surface area contributed by atoms with Crippen LogP contribution in [0.1, 0.15) is 48.6 Å². The number of aryl methyl sites for hydroxylation is 1. The number of hydrogen-bond acceptors (Lipinski definition) is 4. The van der Waals surface area contributed by atoms with E-state index in [1.807, 2.05) is 0 Å². The van der Waals surface area contributed by atoms with Gasteiger partial charge in [0, 0.05) is 4.88 Å². The van der Waals surface area contributed by atoms with Crippen molar-refractivity contribution in [3.63, 3.8) is 0 Å². The number of nitrogens with zero attached hydrogens (tertiary/aromatic N) is 2. The van der Waals surface area contributed by atoms with E-state index in [2.05, 4.69) is 23.2 Å². The summed E-state index contributed by atoms with van der Waals surface area (Å²) >= 11 is 1.60. The van der Waals surface area contributed by atoms with Gasteiger partial charge >= 0.3 is 0 Å². The third-order valence-electron chi connectivity index (χ3n) is 4.78. The smallest absolute Gasteiger partial charge is 0.239 e. The third kappa shape index (κ3) is 3.34. The van der Waals surface area contributed by atoms with Crippen LogP contribution in [0.4, 0.5) is 5.00 Å². The number of piperidine rings is 1. The second-order valence-electron chi connectivity index (χ2n) is 6.53. The Labute approximate surface area is 136 Å². The topological polar surface area (TPSA) is 56.1 Å². The fourth-order valence-electron chi connectivity index (χ4n) is 3.36. The first-order chi connectivity index (χ1) is 10.7. The second-order valence-corrected chi connectivity index (χ2v) is 7.64. The Kier molecular flexibility index (Phi) is 4.80. The number of nitriles is 1. The third-order valence-corrected chi connectivity index (χ3v) is 5.99. The van der Waals surface area contributed by atoms with Gasteiger partial charge in [-0.25, -0.2) is 0 Å². The van der Waals surface area contributed by atoms with Crippen LogP contribution in [0.5, 0.6) is 0 Å². The summed E-state index contributed by atoms with van der Waals surface area (Å²) in [5.41, 5.74) is 1.89. The molecule has 1 fully saturated rings. The van der Waals surface area contributed by atoms with Gasteiger partial charge in [-0.1, -0.05) is 6.92 Å². The number of rotatable bonds is 3. The Hall–Kier alpha value is -1.38. The van der Waals surface area contributed by atoms with Crippen molar-refractivity contribution in [2.75, 3.05) is 25.0 Å². The number of hydrogen-bond donors (Lipinski definition) is 1. The van der Waals surface area contributed by atoms with Crippen LogP contribution in [0.15, 0.2) is 0 Å². The van der Waals surface area contributed by atoms with Gasteiger partial charge in [0.2, 0.25) is 5.91 Å². The minimum Gasteiger partial charge on any atom is -0.315 e. The minimum atomic E-state index is 0.0182. The molecule has 118 valence electrons. The van der Waals surface area contributed by atoms with Gasteiger partial charge in [-0.05, 0) is 63.1 Å². The molecule has 0 bridgehead atoms. The van der Waals surface area contributed by atoms with Crippen LogP contribution >= 0.6 is 11.3 Å².